The van der Waals surface area contributed by atoms with Gasteiger partial charge in [0.15, 0.2) is 0 Å². The van der Waals surface area contributed by atoms with Crippen LogP contribution in [0, 0.1) is 0 Å². The molecule has 4 heterocycles. The average molecular weight is 437 g/mol. The fourth-order valence-corrected chi connectivity index (χ4v) is 4.71. The Morgan fingerprint density at radius 1 is 0.938 bits per heavy atom. The zero-order chi connectivity index (χ0) is 22.1. The van der Waals surface area contributed by atoms with E-state index in [2.05, 4.69) is 10.1 Å². The third-order valence-electron chi connectivity index (χ3n) is 6.57. The second-order valence-electron chi connectivity index (χ2n) is 8.62. The number of carbonyl (C=O) groups excluding carboxylic acids is 2. The zero-order valence-corrected chi connectivity index (χ0v) is 18.1. The number of nitrogens with zero attached hydrogens (tertiary/aromatic N) is 5. The van der Waals surface area contributed by atoms with Crippen molar-refractivity contribution in [3.8, 4) is 0 Å². The summed E-state index contributed by atoms with van der Waals surface area (Å²) in [6.07, 6.45) is 6.12. The summed E-state index contributed by atoms with van der Waals surface area (Å²) in [7, 11) is 0. The van der Waals surface area contributed by atoms with Crippen LogP contribution in [-0.4, -0.2) is 67.1 Å². The molecule has 1 N–H and O–H groups in total. The third kappa shape index (κ3) is 3.94. The molecule has 168 valence electrons. The molecule has 2 aliphatic heterocycles. The fourth-order valence-electron chi connectivity index (χ4n) is 4.71. The third-order valence-corrected chi connectivity index (χ3v) is 6.57. The van der Waals surface area contributed by atoms with Crippen molar-refractivity contribution < 1.29 is 9.59 Å². The summed E-state index contributed by atoms with van der Waals surface area (Å²) in [5.74, 6) is 0.730. The molecule has 0 spiro atoms. The molecule has 0 atom stereocenters. The van der Waals surface area contributed by atoms with Gasteiger partial charge < -0.3 is 14.8 Å². The maximum atomic E-state index is 12.8. The van der Waals surface area contributed by atoms with Crippen molar-refractivity contribution >= 4 is 22.7 Å². The van der Waals surface area contributed by atoms with Gasteiger partial charge in [0.05, 0.1) is 6.42 Å². The lowest BCUT2D eigenvalue weighted by atomic mass is 10.1. The van der Waals surface area contributed by atoms with E-state index in [1.54, 1.807) is 9.47 Å². The second-order valence-corrected chi connectivity index (χ2v) is 8.62. The molecule has 9 heteroatoms. The lowest BCUT2D eigenvalue weighted by molar-refractivity contribution is -0.139. The number of hydrogen-bond acceptors (Lipinski definition) is 4. The van der Waals surface area contributed by atoms with Crippen LogP contribution in [-0.2, 0) is 35.5 Å². The van der Waals surface area contributed by atoms with E-state index in [0.717, 1.165) is 48.0 Å². The molecule has 1 aromatic carbocycles. The molecule has 0 saturated carbocycles. The van der Waals surface area contributed by atoms with Crippen molar-refractivity contribution in [1.82, 2.24) is 29.1 Å². The number of benzene rings is 1. The minimum atomic E-state index is -0.192. The average Bonchev–Trinajstić information content (AvgIpc) is 3.24. The Morgan fingerprint density at radius 2 is 1.69 bits per heavy atom. The SMILES string of the molecule is O=C(Cc1c[nH]c2ccccc12)N1CCN(C(=O)Cn2nc3n(c2=O)CCCCC3)CC1. The lowest BCUT2D eigenvalue weighted by Gasteiger charge is -2.34. The van der Waals surface area contributed by atoms with Crippen molar-refractivity contribution in [2.45, 2.75) is 45.2 Å². The van der Waals surface area contributed by atoms with E-state index in [1.807, 2.05) is 35.4 Å². The van der Waals surface area contributed by atoms with Gasteiger partial charge in [-0.3, -0.25) is 14.2 Å². The highest BCUT2D eigenvalue weighted by Gasteiger charge is 2.26. The molecule has 0 radical (unpaired) electrons. The summed E-state index contributed by atoms with van der Waals surface area (Å²) in [6.45, 7) is 2.59. The van der Waals surface area contributed by atoms with Gasteiger partial charge in [-0.15, -0.1) is 0 Å². The van der Waals surface area contributed by atoms with Crippen molar-refractivity contribution in [3.63, 3.8) is 0 Å². The minimum Gasteiger partial charge on any atom is -0.361 e. The maximum absolute atomic E-state index is 12.8. The molecule has 0 bridgehead atoms. The van der Waals surface area contributed by atoms with E-state index in [9.17, 15) is 14.4 Å². The van der Waals surface area contributed by atoms with E-state index in [0.29, 0.717) is 39.1 Å². The molecular formula is C23H28N6O3. The number of piperazine rings is 1. The minimum absolute atomic E-state index is 0.0396. The summed E-state index contributed by atoms with van der Waals surface area (Å²) in [5, 5.41) is 5.48. The number of hydrogen-bond donors (Lipinski definition) is 1. The molecule has 3 aromatic rings. The van der Waals surface area contributed by atoms with E-state index < -0.39 is 0 Å². The van der Waals surface area contributed by atoms with E-state index >= 15 is 0 Å². The van der Waals surface area contributed by atoms with Gasteiger partial charge in [0, 0.05) is 56.2 Å². The van der Waals surface area contributed by atoms with Crippen LogP contribution in [0.5, 0.6) is 0 Å². The molecule has 2 amide bonds. The predicted octanol–water partition coefficient (Wildman–Crippen LogP) is 1.17. The van der Waals surface area contributed by atoms with Crippen LogP contribution >= 0.6 is 0 Å². The monoisotopic (exact) mass is 436 g/mol. The molecule has 1 fully saturated rings. The summed E-state index contributed by atoms with van der Waals surface area (Å²) in [6, 6.07) is 7.95. The van der Waals surface area contributed by atoms with Crippen LogP contribution in [0.2, 0.25) is 0 Å². The molecule has 0 unspecified atom stereocenters. The molecule has 5 rings (SSSR count). The number of aryl methyl sites for hydroxylation is 1. The van der Waals surface area contributed by atoms with Crippen LogP contribution < -0.4 is 5.69 Å². The van der Waals surface area contributed by atoms with Crippen LogP contribution in [0.25, 0.3) is 10.9 Å². The Kier molecular flexibility index (Phi) is 5.55. The first kappa shape index (κ1) is 20.5. The molecule has 32 heavy (non-hydrogen) atoms. The fraction of sp³-hybridized carbons (Fsp3) is 0.478. The van der Waals surface area contributed by atoms with Crippen LogP contribution in [0.3, 0.4) is 0 Å². The quantitative estimate of drug-likeness (QED) is 0.664. The highest BCUT2D eigenvalue weighted by Crippen LogP contribution is 2.19. The Morgan fingerprint density at radius 3 is 2.50 bits per heavy atom. The molecule has 1 saturated heterocycles. The van der Waals surface area contributed by atoms with Crippen molar-refractivity contribution in [2.75, 3.05) is 26.2 Å². The molecule has 9 nitrogen and oxygen atoms in total. The van der Waals surface area contributed by atoms with Gasteiger partial charge in [-0.05, 0) is 24.5 Å². The number of carbonyl (C=O) groups is 2. The number of fused-ring (bicyclic) bond motifs is 2. The Balaban J connectivity index is 1.17. The summed E-state index contributed by atoms with van der Waals surface area (Å²) >= 11 is 0. The number of para-hydroxylation sites is 1. The van der Waals surface area contributed by atoms with Gasteiger partial charge in [0.2, 0.25) is 11.8 Å². The largest absolute Gasteiger partial charge is 0.361 e. The predicted molar refractivity (Wildman–Crippen MR) is 119 cm³/mol. The van der Waals surface area contributed by atoms with Gasteiger partial charge in [-0.25, -0.2) is 9.48 Å². The number of rotatable bonds is 4. The number of aromatic amines is 1. The molecular weight excluding hydrogens is 408 g/mol. The van der Waals surface area contributed by atoms with Crippen molar-refractivity contribution in [2.24, 2.45) is 0 Å². The number of amides is 2. The number of H-pyrrole nitrogens is 1. The van der Waals surface area contributed by atoms with Gasteiger partial charge in [-0.1, -0.05) is 24.6 Å². The molecule has 0 aliphatic carbocycles. The maximum Gasteiger partial charge on any atom is 0.346 e. The van der Waals surface area contributed by atoms with E-state index in [1.165, 1.54) is 4.68 Å². The highest BCUT2D eigenvalue weighted by molar-refractivity contribution is 5.89. The van der Waals surface area contributed by atoms with Crippen LogP contribution in [0.1, 0.15) is 30.7 Å². The van der Waals surface area contributed by atoms with Gasteiger partial charge in [0.1, 0.15) is 12.4 Å². The smallest absolute Gasteiger partial charge is 0.346 e. The van der Waals surface area contributed by atoms with E-state index in [4.69, 9.17) is 0 Å². The van der Waals surface area contributed by atoms with Crippen LogP contribution in [0.4, 0.5) is 0 Å². The first-order valence-electron chi connectivity index (χ1n) is 11.4. The van der Waals surface area contributed by atoms with Gasteiger partial charge >= 0.3 is 5.69 Å². The number of nitrogens with one attached hydrogen (secondary N) is 1. The first-order chi connectivity index (χ1) is 15.6. The van der Waals surface area contributed by atoms with E-state index in [-0.39, 0.29) is 24.0 Å². The Bertz CT molecular complexity index is 1200. The second kappa shape index (κ2) is 8.64. The number of aromatic nitrogens is 4. The molecule has 2 aliphatic rings. The van der Waals surface area contributed by atoms with Gasteiger partial charge in [0.25, 0.3) is 0 Å². The Hall–Kier alpha value is -3.36. The lowest BCUT2D eigenvalue weighted by Crippen LogP contribution is -2.52. The topological polar surface area (TPSA) is 96.2 Å². The Labute approximate surface area is 185 Å². The first-order valence-corrected chi connectivity index (χ1v) is 11.4. The molecule has 2 aromatic heterocycles. The zero-order valence-electron chi connectivity index (χ0n) is 18.1. The van der Waals surface area contributed by atoms with Crippen molar-refractivity contribution in [1.29, 1.82) is 0 Å². The standard InChI is InChI=1S/C23H28N6O3/c30-21(14-17-15-24-19-7-4-3-6-18(17)19)26-10-12-27(13-11-26)22(31)16-29-23(32)28-9-5-1-2-8-20(28)25-29/h3-4,6-7,15,24H,1-2,5,8-14,16H2. The van der Waals surface area contributed by atoms with Gasteiger partial charge in [-0.2, -0.15) is 5.10 Å². The summed E-state index contributed by atoms with van der Waals surface area (Å²) in [5.41, 5.74) is 1.82. The van der Waals surface area contributed by atoms with Crippen LogP contribution in [0.15, 0.2) is 35.3 Å². The van der Waals surface area contributed by atoms with Crippen molar-refractivity contribution in [3.05, 3.63) is 52.3 Å². The summed E-state index contributed by atoms with van der Waals surface area (Å²) in [4.78, 5) is 45.0. The highest BCUT2D eigenvalue weighted by atomic mass is 16.2. The normalized spacial score (nSPS) is 16.8. The summed E-state index contributed by atoms with van der Waals surface area (Å²) < 4.78 is 3.01.